The second-order valence-electron chi connectivity index (χ2n) is 10.6. The molecule has 2 aliphatic heterocycles. The van der Waals surface area contributed by atoms with Crippen molar-refractivity contribution >= 4 is 31.4 Å². The minimum atomic E-state index is -3.11. The fourth-order valence-electron chi connectivity index (χ4n) is 5.19. The van der Waals surface area contributed by atoms with Gasteiger partial charge < -0.3 is 0 Å². The van der Waals surface area contributed by atoms with E-state index in [4.69, 9.17) is 0 Å². The predicted molar refractivity (Wildman–Crippen MR) is 155 cm³/mol. The molecule has 2 aliphatic rings. The van der Waals surface area contributed by atoms with Crippen LogP contribution in [0.15, 0.2) is 12.4 Å². The Labute approximate surface area is 246 Å². The first-order valence-electron chi connectivity index (χ1n) is 14.0. The lowest BCUT2D eigenvalue weighted by Crippen LogP contribution is -2.40. The Morgan fingerprint density at radius 2 is 1.26 bits per heavy atom. The monoisotopic (exact) mass is 632 g/mol. The van der Waals surface area contributed by atoms with Gasteiger partial charge in [-0.05, 0) is 65.2 Å². The quantitative estimate of drug-likeness (QED) is 0.277. The summed E-state index contributed by atoms with van der Waals surface area (Å²) in [5.74, 6) is 0.850. The summed E-state index contributed by atoms with van der Waals surface area (Å²) in [6.07, 6.45) is 5.74. The van der Waals surface area contributed by atoms with E-state index in [9.17, 15) is 37.1 Å². The standard InChI is InChI=1S/2C12H20N4O4S/c1-3-21(19,20)14-6-4-11(5-7-14)9-15-10(2)12(8-13-15)16(17)18;1-3-21(19,20)15-6-4-11(5-7-15)8-14-9-12(16(17)18)10(2)13-14/h8,11H,3-7,9H2,1-2H3;9,11H,3-8H2,1-2H3. The van der Waals surface area contributed by atoms with Gasteiger partial charge >= 0.3 is 11.4 Å². The number of hydrogen-bond acceptors (Lipinski definition) is 10. The van der Waals surface area contributed by atoms with E-state index in [1.165, 1.54) is 21.0 Å². The van der Waals surface area contributed by atoms with Crippen LogP contribution in [0.25, 0.3) is 0 Å². The highest BCUT2D eigenvalue weighted by atomic mass is 32.2. The summed E-state index contributed by atoms with van der Waals surface area (Å²) in [7, 11) is -6.22. The van der Waals surface area contributed by atoms with Crippen LogP contribution < -0.4 is 0 Å². The predicted octanol–water partition coefficient (Wildman–Crippen LogP) is 2.32. The maximum Gasteiger partial charge on any atom is 0.309 e. The molecule has 0 aliphatic carbocycles. The molecule has 0 unspecified atom stereocenters. The first-order chi connectivity index (χ1) is 19.7. The lowest BCUT2D eigenvalue weighted by molar-refractivity contribution is -0.385. The van der Waals surface area contributed by atoms with Crippen LogP contribution in [0.3, 0.4) is 0 Å². The molecule has 0 aromatic carbocycles. The van der Waals surface area contributed by atoms with Gasteiger partial charge in [-0.15, -0.1) is 0 Å². The van der Waals surface area contributed by atoms with Crippen LogP contribution in [0.5, 0.6) is 0 Å². The molecule has 4 heterocycles. The van der Waals surface area contributed by atoms with E-state index in [2.05, 4.69) is 10.2 Å². The summed E-state index contributed by atoms with van der Waals surface area (Å²) in [6.45, 7) is 9.85. The van der Waals surface area contributed by atoms with Crippen LogP contribution in [0.2, 0.25) is 0 Å². The van der Waals surface area contributed by atoms with E-state index in [0.29, 0.717) is 62.5 Å². The first kappa shape index (κ1) is 33.5. The van der Waals surface area contributed by atoms with Crippen molar-refractivity contribution in [1.82, 2.24) is 28.2 Å². The van der Waals surface area contributed by atoms with E-state index in [0.717, 1.165) is 25.7 Å². The molecule has 4 rings (SSSR count). The molecule has 0 amide bonds. The summed E-state index contributed by atoms with van der Waals surface area (Å²) in [6, 6.07) is 0. The molecule has 0 radical (unpaired) electrons. The molecular weight excluding hydrogens is 592 g/mol. The summed E-state index contributed by atoms with van der Waals surface area (Å²) < 4.78 is 53.4. The number of nitrogens with zero attached hydrogens (tertiary/aromatic N) is 8. The van der Waals surface area contributed by atoms with Crippen LogP contribution in [-0.4, -0.2) is 92.5 Å². The van der Waals surface area contributed by atoms with E-state index in [-0.39, 0.29) is 22.9 Å². The molecule has 16 nitrogen and oxygen atoms in total. The van der Waals surface area contributed by atoms with Gasteiger partial charge in [0, 0.05) is 39.3 Å². The molecular formula is C24H40N8O8S2. The van der Waals surface area contributed by atoms with Crippen molar-refractivity contribution in [2.75, 3.05) is 37.7 Å². The molecule has 2 fully saturated rings. The third kappa shape index (κ3) is 8.32. The van der Waals surface area contributed by atoms with Gasteiger partial charge in [-0.1, -0.05) is 0 Å². The fraction of sp³-hybridized carbons (Fsp3) is 0.750. The molecule has 0 spiro atoms. The van der Waals surface area contributed by atoms with Crippen molar-refractivity contribution in [2.45, 2.75) is 66.5 Å². The smallest absolute Gasteiger partial charge is 0.265 e. The van der Waals surface area contributed by atoms with Gasteiger partial charge in [0.1, 0.15) is 23.8 Å². The summed E-state index contributed by atoms with van der Waals surface area (Å²) >= 11 is 0. The highest BCUT2D eigenvalue weighted by Gasteiger charge is 2.29. The molecule has 42 heavy (non-hydrogen) atoms. The van der Waals surface area contributed by atoms with Crippen LogP contribution in [0.1, 0.15) is 50.9 Å². The summed E-state index contributed by atoms with van der Waals surface area (Å²) in [5, 5.41) is 29.8. The second kappa shape index (κ2) is 14.0. The molecule has 0 saturated carbocycles. The topological polar surface area (TPSA) is 197 Å². The molecule has 2 saturated heterocycles. The van der Waals surface area contributed by atoms with Crippen molar-refractivity contribution in [3.05, 3.63) is 44.0 Å². The fourth-order valence-corrected chi connectivity index (χ4v) is 7.46. The average molecular weight is 633 g/mol. The Morgan fingerprint density at radius 1 is 0.810 bits per heavy atom. The lowest BCUT2D eigenvalue weighted by Gasteiger charge is -2.30. The van der Waals surface area contributed by atoms with Crippen molar-refractivity contribution in [2.24, 2.45) is 11.8 Å². The van der Waals surface area contributed by atoms with Crippen molar-refractivity contribution in [3.8, 4) is 0 Å². The lowest BCUT2D eigenvalue weighted by atomic mass is 9.98. The third-order valence-corrected chi connectivity index (χ3v) is 11.7. The van der Waals surface area contributed by atoms with Crippen LogP contribution >= 0.6 is 0 Å². The Bertz CT molecular complexity index is 1440. The molecule has 0 N–H and O–H groups in total. The van der Waals surface area contributed by atoms with E-state index < -0.39 is 29.9 Å². The van der Waals surface area contributed by atoms with E-state index >= 15 is 0 Å². The zero-order valence-corrected chi connectivity index (χ0v) is 26.1. The molecule has 2 aromatic heterocycles. The van der Waals surface area contributed by atoms with Crippen LogP contribution in [0.4, 0.5) is 11.4 Å². The minimum Gasteiger partial charge on any atom is -0.265 e. The maximum absolute atomic E-state index is 11.8. The number of hydrogen-bond donors (Lipinski definition) is 0. The van der Waals surface area contributed by atoms with Gasteiger partial charge in [-0.25, -0.2) is 25.4 Å². The number of nitro groups is 2. The summed E-state index contributed by atoms with van der Waals surface area (Å²) in [5.41, 5.74) is 1.01. The number of sulfonamides is 2. The van der Waals surface area contributed by atoms with Gasteiger partial charge in [0.2, 0.25) is 20.0 Å². The molecule has 0 bridgehead atoms. The number of rotatable bonds is 10. The molecule has 236 valence electrons. The highest BCUT2D eigenvalue weighted by Crippen LogP contribution is 2.25. The molecule has 2 aromatic rings. The molecule has 18 heteroatoms. The number of piperidine rings is 2. The summed E-state index contributed by atoms with van der Waals surface area (Å²) in [4.78, 5) is 20.7. The Hall–Kier alpha value is -2.96. The van der Waals surface area contributed by atoms with Gasteiger partial charge in [0.15, 0.2) is 0 Å². The van der Waals surface area contributed by atoms with Gasteiger partial charge in [0.05, 0.1) is 21.4 Å². The zero-order valence-electron chi connectivity index (χ0n) is 24.5. The van der Waals surface area contributed by atoms with E-state index in [1.54, 1.807) is 37.1 Å². The van der Waals surface area contributed by atoms with Gasteiger partial charge in [0.25, 0.3) is 0 Å². The van der Waals surface area contributed by atoms with Crippen LogP contribution in [-0.2, 0) is 33.1 Å². The maximum atomic E-state index is 11.8. The Kier molecular flexibility index (Phi) is 11.2. The van der Waals surface area contributed by atoms with Gasteiger partial charge in [-0.3, -0.25) is 29.6 Å². The Morgan fingerprint density at radius 3 is 1.64 bits per heavy atom. The molecule has 0 atom stereocenters. The first-order valence-corrected chi connectivity index (χ1v) is 17.2. The number of aryl methyl sites for hydroxylation is 1. The van der Waals surface area contributed by atoms with Crippen molar-refractivity contribution < 1.29 is 26.7 Å². The minimum absolute atomic E-state index is 0.0287. The SMILES string of the molecule is CCS(=O)(=O)N1CCC(Cn2cc([N+](=O)[O-])c(C)n2)CC1.CCS(=O)(=O)N1CCC(Cn2ncc([N+](=O)[O-])c2C)CC1. The van der Waals surface area contributed by atoms with Crippen LogP contribution in [0, 0.1) is 45.9 Å². The third-order valence-electron chi connectivity index (χ3n) is 7.93. The van der Waals surface area contributed by atoms with Gasteiger partial charge in [-0.2, -0.15) is 10.2 Å². The van der Waals surface area contributed by atoms with Crippen molar-refractivity contribution in [3.63, 3.8) is 0 Å². The highest BCUT2D eigenvalue weighted by molar-refractivity contribution is 7.89. The normalized spacial score (nSPS) is 18.0. The van der Waals surface area contributed by atoms with Crippen molar-refractivity contribution in [1.29, 1.82) is 0 Å². The van der Waals surface area contributed by atoms with E-state index in [1.807, 2.05) is 0 Å². The zero-order chi connectivity index (χ0) is 31.2. The average Bonchev–Trinajstić information content (AvgIpc) is 3.51. The largest absolute Gasteiger partial charge is 0.309 e. The number of aromatic nitrogens is 4. The second-order valence-corrected chi connectivity index (χ2v) is 15.1. The Balaban J connectivity index is 0.000000230.